The number of anilines is 2. The molecule has 0 bridgehead atoms. The third-order valence-electron chi connectivity index (χ3n) is 3.16. The van der Waals surface area contributed by atoms with Gasteiger partial charge in [-0.25, -0.2) is 4.39 Å². The Labute approximate surface area is 123 Å². The van der Waals surface area contributed by atoms with Gasteiger partial charge in [-0.2, -0.15) is 0 Å². The van der Waals surface area contributed by atoms with E-state index in [4.69, 9.17) is 0 Å². The molecule has 0 saturated carbocycles. The Morgan fingerprint density at radius 3 is 2.62 bits per heavy atom. The molecule has 0 saturated heterocycles. The molecule has 0 unspecified atom stereocenters. The quantitative estimate of drug-likeness (QED) is 0.939. The van der Waals surface area contributed by atoms with Gasteiger partial charge in [-0.15, -0.1) is 0 Å². The maximum absolute atomic E-state index is 13.0. The molecule has 0 fully saturated rings. The predicted octanol–water partition coefficient (Wildman–Crippen LogP) is 3.24. The number of aryl methyl sites for hydroxylation is 1. The highest BCUT2D eigenvalue weighted by Crippen LogP contribution is 2.21. The minimum atomic E-state index is -0.329. The van der Waals surface area contributed by atoms with Gasteiger partial charge in [0, 0.05) is 31.2 Å². The molecule has 1 heterocycles. The number of nitrogens with zero attached hydrogens (tertiary/aromatic N) is 2. The number of pyridine rings is 1. The number of benzene rings is 1. The Hall–Kier alpha value is -2.43. The van der Waals surface area contributed by atoms with Crippen LogP contribution in [-0.4, -0.2) is 24.5 Å². The van der Waals surface area contributed by atoms with Gasteiger partial charge in [0.25, 0.3) is 5.91 Å². The summed E-state index contributed by atoms with van der Waals surface area (Å²) in [5.41, 5.74) is 2.72. The van der Waals surface area contributed by atoms with Crippen LogP contribution in [0.4, 0.5) is 15.8 Å². The van der Waals surface area contributed by atoms with Crippen molar-refractivity contribution in [2.45, 2.75) is 13.8 Å². The minimum absolute atomic E-state index is 0.190. The number of hydrogen-bond acceptors (Lipinski definition) is 3. The zero-order valence-corrected chi connectivity index (χ0v) is 12.4. The Kier molecular flexibility index (Phi) is 4.52. The number of nitrogens with one attached hydrogen (secondary N) is 1. The lowest BCUT2D eigenvalue weighted by Gasteiger charge is -2.19. The highest BCUT2D eigenvalue weighted by molar-refractivity contribution is 6.09. The first-order valence-electron chi connectivity index (χ1n) is 6.77. The molecule has 1 aromatic heterocycles. The lowest BCUT2D eigenvalue weighted by Crippen LogP contribution is -2.27. The molecule has 2 rings (SSSR count). The van der Waals surface area contributed by atoms with Crippen molar-refractivity contribution in [2.75, 3.05) is 23.8 Å². The average molecular weight is 287 g/mol. The number of halogens is 1. The standard InChI is InChI=1S/C16H18FN3O/c1-4-18-15-9-11(2)19-10-14(15)16(21)20(3)13-7-5-12(17)6-8-13/h5-10H,4H2,1-3H3,(H,18,19). The summed E-state index contributed by atoms with van der Waals surface area (Å²) in [7, 11) is 1.66. The predicted molar refractivity (Wildman–Crippen MR) is 82.3 cm³/mol. The van der Waals surface area contributed by atoms with Gasteiger partial charge in [0.15, 0.2) is 0 Å². The first-order chi connectivity index (χ1) is 10.0. The van der Waals surface area contributed by atoms with Gasteiger partial charge in [-0.05, 0) is 44.2 Å². The number of rotatable bonds is 4. The second kappa shape index (κ2) is 6.35. The third-order valence-corrected chi connectivity index (χ3v) is 3.16. The number of carbonyl (C=O) groups is 1. The first-order valence-corrected chi connectivity index (χ1v) is 6.77. The van der Waals surface area contributed by atoms with Gasteiger partial charge in [0.2, 0.25) is 0 Å². The van der Waals surface area contributed by atoms with Crippen molar-refractivity contribution in [1.82, 2.24) is 4.98 Å². The van der Waals surface area contributed by atoms with Gasteiger partial charge in [-0.1, -0.05) is 0 Å². The molecular weight excluding hydrogens is 269 g/mol. The van der Waals surface area contributed by atoms with E-state index in [0.717, 1.165) is 11.4 Å². The molecule has 110 valence electrons. The van der Waals surface area contributed by atoms with Crippen LogP contribution in [0.25, 0.3) is 0 Å². The highest BCUT2D eigenvalue weighted by Gasteiger charge is 2.17. The molecular formula is C16H18FN3O. The van der Waals surface area contributed by atoms with Gasteiger partial charge >= 0.3 is 0 Å². The molecule has 0 atom stereocenters. The van der Waals surface area contributed by atoms with Crippen LogP contribution in [0.1, 0.15) is 23.0 Å². The van der Waals surface area contributed by atoms with Crippen molar-refractivity contribution in [1.29, 1.82) is 0 Å². The van der Waals surface area contributed by atoms with Crippen molar-refractivity contribution < 1.29 is 9.18 Å². The molecule has 21 heavy (non-hydrogen) atoms. The van der Waals surface area contributed by atoms with Crippen molar-refractivity contribution in [3.63, 3.8) is 0 Å². The molecule has 0 radical (unpaired) electrons. The SMILES string of the molecule is CCNc1cc(C)ncc1C(=O)N(C)c1ccc(F)cc1. The van der Waals surface area contributed by atoms with Crippen LogP contribution in [0.5, 0.6) is 0 Å². The summed E-state index contributed by atoms with van der Waals surface area (Å²) < 4.78 is 13.0. The van der Waals surface area contributed by atoms with E-state index in [1.165, 1.54) is 17.0 Å². The van der Waals surface area contributed by atoms with Crippen molar-refractivity contribution in [3.05, 3.63) is 53.6 Å². The van der Waals surface area contributed by atoms with E-state index in [1.54, 1.807) is 25.4 Å². The summed E-state index contributed by atoms with van der Waals surface area (Å²) >= 11 is 0. The number of aromatic nitrogens is 1. The molecule has 0 aliphatic heterocycles. The zero-order chi connectivity index (χ0) is 15.4. The molecule has 1 amide bonds. The van der Waals surface area contributed by atoms with Crippen molar-refractivity contribution >= 4 is 17.3 Å². The number of hydrogen-bond donors (Lipinski definition) is 1. The Morgan fingerprint density at radius 2 is 2.00 bits per heavy atom. The van der Waals surface area contributed by atoms with E-state index in [9.17, 15) is 9.18 Å². The van der Waals surface area contributed by atoms with Crippen LogP contribution >= 0.6 is 0 Å². The molecule has 0 aliphatic carbocycles. The molecule has 2 aromatic rings. The van der Waals surface area contributed by atoms with Crippen LogP contribution in [-0.2, 0) is 0 Å². The van der Waals surface area contributed by atoms with Gasteiger partial charge < -0.3 is 10.2 Å². The van der Waals surface area contributed by atoms with E-state index in [2.05, 4.69) is 10.3 Å². The van der Waals surface area contributed by atoms with Crippen LogP contribution in [0, 0.1) is 12.7 Å². The average Bonchev–Trinajstić information content (AvgIpc) is 2.47. The Balaban J connectivity index is 2.32. The summed E-state index contributed by atoms with van der Waals surface area (Å²) in [4.78, 5) is 18.3. The lowest BCUT2D eigenvalue weighted by molar-refractivity contribution is 0.0993. The second-order valence-electron chi connectivity index (χ2n) is 4.74. The fourth-order valence-electron chi connectivity index (χ4n) is 2.03. The van der Waals surface area contributed by atoms with Gasteiger partial charge in [0.05, 0.1) is 11.3 Å². The Morgan fingerprint density at radius 1 is 1.33 bits per heavy atom. The smallest absolute Gasteiger partial charge is 0.261 e. The minimum Gasteiger partial charge on any atom is -0.385 e. The molecule has 0 aliphatic rings. The summed E-state index contributed by atoms with van der Waals surface area (Å²) in [6.07, 6.45) is 1.57. The van der Waals surface area contributed by atoms with Gasteiger partial charge in [0.1, 0.15) is 5.82 Å². The largest absolute Gasteiger partial charge is 0.385 e. The zero-order valence-electron chi connectivity index (χ0n) is 12.4. The molecule has 1 aromatic carbocycles. The first kappa shape index (κ1) is 15.0. The number of carbonyl (C=O) groups excluding carboxylic acids is 1. The lowest BCUT2D eigenvalue weighted by atomic mass is 10.1. The summed E-state index contributed by atoms with van der Waals surface area (Å²) in [5.74, 6) is -0.519. The van der Waals surface area contributed by atoms with Crippen LogP contribution in [0.15, 0.2) is 36.5 Å². The van der Waals surface area contributed by atoms with Crippen molar-refractivity contribution in [3.8, 4) is 0 Å². The summed E-state index contributed by atoms with van der Waals surface area (Å²) in [6, 6.07) is 7.65. The molecule has 4 nitrogen and oxygen atoms in total. The topological polar surface area (TPSA) is 45.2 Å². The van der Waals surface area contributed by atoms with E-state index >= 15 is 0 Å². The summed E-state index contributed by atoms with van der Waals surface area (Å²) in [6.45, 7) is 4.55. The van der Waals surface area contributed by atoms with Crippen LogP contribution in [0.2, 0.25) is 0 Å². The van der Waals surface area contributed by atoms with E-state index < -0.39 is 0 Å². The van der Waals surface area contributed by atoms with Crippen LogP contribution < -0.4 is 10.2 Å². The number of amides is 1. The fraction of sp³-hybridized carbons (Fsp3) is 0.250. The van der Waals surface area contributed by atoms with Crippen LogP contribution in [0.3, 0.4) is 0 Å². The normalized spacial score (nSPS) is 10.3. The highest BCUT2D eigenvalue weighted by atomic mass is 19.1. The maximum Gasteiger partial charge on any atom is 0.261 e. The molecule has 0 spiro atoms. The van der Waals surface area contributed by atoms with E-state index in [1.807, 2.05) is 19.9 Å². The van der Waals surface area contributed by atoms with Crippen molar-refractivity contribution in [2.24, 2.45) is 0 Å². The van der Waals surface area contributed by atoms with E-state index in [0.29, 0.717) is 17.8 Å². The third kappa shape index (κ3) is 3.37. The second-order valence-corrected chi connectivity index (χ2v) is 4.74. The van der Waals surface area contributed by atoms with E-state index in [-0.39, 0.29) is 11.7 Å². The Bertz CT molecular complexity index is 640. The fourth-order valence-corrected chi connectivity index (χ4v) is 2.03. The maximum atomic E-state index is 13.0. The molecule has 1 N–H and O–H groups in total. The molecule has 5 heteroatoms. The van der Waals surface area contributed by atoms with Gasteiger partial charge in [-0.3, -0.25) is 9.78 Å². The monoisotopic (exact) mass is 287 g/mol. The summed E-state index contributed by atoms with van der Waals surface area (Å²) in [5, 5.41) is 3.17.